The molecule has 14 amide bonds. The highest BCUT2D eigenvalue weighted by Crippen LogP contribution is 2.15. The second-order valence-corrected chi connectivity index (χ2v) is 28.1. The summed E-state index contributed by atoms with van der Waals surface area (Å²) >= 11 is 8.49. The predicted molar refractivity (Wildman–Crippen MR) is 414 cm³/mol. The molecule has 34 nitrogen and oxygen atoms in total. The van der Waals surface area contributed by atoms with Gasteiger partial charge in [-0.2, -0.15) is 25.3 Å². The number of benzene rings is 3. The van der Waals surface area contributed by atoms with E-state index in [-0.39, 0.29) is 88.5 Å². The van der Waals surface area contributed by atoms with Gasteiger partial charge in [-0.3, -0.25) is 67.1 Å². The molecule has 0 aliphatic rings. The first-order valence-corrected chi connectivity index (χ1v) is 37.8. The van der Waals surface area contributed by atoms with Gasteiger partial charge in [0, 0.05) is 30.8 Å². The fourth-order valence-electron chi connectivity index (χ4n) is 11.2. The van der Waals surface area contributed by atoms with Crippen molar-refractivity contribution >= 4 is 108 Å². The van der Waals surface area contributed by atoms with E-state index in [1.54, 1.807) is 119 Å². The highest BCUT2D eigenvalue weighted by molar-refractivity contribution is 7.80. The minimum Gasteiger partial charge on any atom is -0.394 e. The normalized spacial score (nSPS) is 14.8. The van der Waals surface area contributed by atoms with Crippen LogP contribution in [0.3, 0.4) is 0 Å². The van der Waals surface area contributed by atoms with Crippen molar-refractivity contribution in [3.63, 3.8) is 0 Å². The quantitative estimate of drug-likeness (QED) is 0.0187. The Labute approximate surface area is 646 Å². The van der Waals surface area contributed by atoms with Crippen molar-refractivity contribution in [1.29, 1.82) is 0 Å². The van der Waals surface area contributed by atoms with Crippen LogP contribution in [0, 0.1) is 11.8 Å². The number of amides is 14. The van der Waals surface area contributed by atoms with Crippen LogP contribution in [0.5, 0.6) is 0 Å². The summed E-state index contributed by atoms with van der Waals surface area (Å²) in [4.78, 5) is 194. The second kappa shape index (κ2) is 51.2. The summed E-state index contributed by atoms with van der Waals surface area (Å²) in [6.07, 6.45) is 1.47. The lowest BCUT2D eigenvalue weighted by atomic mass is 9.99. The van der Waals surface area contributed by atoms with Crippen LogP contribution in [0.25, 0.3) is 0 Å². The van der Waals surface area contributed by atoms with Crippen molar-refractivity contribution in [1.82, 2.24) is 63.8 Å². The summed E-state index contributed by atoms with van der Waals surface area (Å²) in [6, 6.07) is 6.54. The van der Waals surface area contributed by atoms with Gasteiger partial charge in [0.2, 0.25) is 82.7 Å². The minimum atomic E-state index is -1.82. The van der Waals surface area contributed by atoms with Gasteiger partial charge in [0.25, 0.3) is 0 Å². The van der Waals surface area contributed by atoms with Gasteiger partial charge in [0.1, 0.15) is 72.5 Å². The van der Waals surface area contributed by atoms with Crippen LogP contribution in [-0.2, 0) is 86.4 Å². The highest BCUT2D eigenvalue weighted by Gasteiger charge is 2.38. The van der Waals surface area contributed by atoms with E-state index in [1.807, 2.05) is 0 Å². The van der Waals surface area contributed by atoms with E-state index >= 15 is 0 Å². The molecule has 109 heavy (non-hydrogen) atoms. The number of rotatable bonds is 53. The van der Waals surface area contributed by atoms with Gasteiger partial charge < -0.3 is 108 Å². The number of carbonyl (C=O) groups excluding carboxylic acids is 14. The first kappa shape index (κ1) is 93.9. The molecule has 0 saturated carbocycles. The van der Waals surface area contributed by atoms with Crippen molar-refractivity contribution in [2.75, 3.05) is 44.4 Å². The maximum atomic E-state index is 14.8. The molecule has 0 spiro atoms. The Balaban J connectivity index is 1.91. The van der Waals surface area contributed by atoms with Crippen LogP contribution in [0.2, 0.25) is 0 Å². The lowest BCUT2D eigenvalue weighted by Gasteiger charge is -2.29. The van der Waals surface area contributed by atoms with E-state index in [2.05, 4.69) is 89.1 Å². The Kier molecular flexibility index (Phi) is 44.1. The Bertz CT molecular complexity index is 3410. The van der Waals surface area contributed by atoms with Gasteiger partial charge in [-0.15, -0.1) is 0 Å². The van der Waals surface area contributed by atoms with E-state index < -0.39 is 187 Å². The monoisotopic (exact) mass is 1560 g/mol. The molecule has 604 valence electrons. The minimum absolute atomic E-state index is 0.00134. The molecular weight excluding hydrogens is 1450 g/mol. The average molecular weight is 1560 g/mol. The van der Waals surface area contributed by atoms with Gasteiger partial charge in [-0.1, -0.05) is 125 Å². The first-order chi connectivity index (χ1) is 51.9. The van der Waals surface area contributed by atoms with Crippen molar-refractivity contribution in [3.8, 4) is 0 Å². The molecule has 0 aromatic heterocycles. The molecule has 0 aliphatic carbocycles. The summed E-state index contributed by atoms with van der Waals surface area (Å²) in [7, 11) is 0. The highest BCUT2D eigenvalue weighted by atomic mass is 32.1. The molecule has 0 unspecified atom stereocenters. The molecule has 36 heteroatoms. The van der Waals surface area contributed by atoms with Crippen LogP contribution in [0.1, 0.15) is 121 Å². The molecule has 3 aromatic carbocycles. The molecule has 0 heterocycles. The number of nitrogens with two attached hydrogens (primary N) is 6. The van der Waals surface area contributed by atoms with E-state index in [4.69, 9.17) is 34.4 Å². The number of unbranched alkanes of at least 4 members (excludes halogenated alkanes) is 3. The molecular formula is C73H114N18O16S2. The third kappa shape index (κ3) is 35.3. The van der Waals surface area contributed by atoms with Crippen molar-refractivity contribution in [2.24, 2.45) is 46.2 Å². The first-order valence-electron chi connectivity index (χ1n) is 36.6. The Hall–Kier alpha value is -9.30. The van der Waals surface area contributed by atoms with Crippen LogP contribution in [-0.4, -0.2) is 216 Å². The number of hydrogen-bond acceptors (Lipinski definition) is 22. The van der Waals surface area contributed by atoms with Gasteiger partial charge in [0.15, 0.2) is 0 Å². The van der Waals surface area contributed by atoms with E-state index in [0.717, 1.165) is 0 Å². The summed E-state index contributed by atoms with van der Waals surface area (Å²) in [6.45, 7) is 5.93. The van der Waals surface area contributed by atoms with Gasteiger partial charge in [0.05, 0.1) is 25.7 Å². The lowest BCUT2D eigenvalue weighted by molar-refractivity contribution is -0.136. The zero-order valence-electron chi connectivity index (χ0n) is 62.3. The molecule has 0 saturated heterocycles. The zero-order valence-corrected chi connectivity index (χ0v) is 64.1. The van der Waals surface area contributed by atoms with Gasteiger partial charge >= 0.3 is 0 Å². The van der Waals surface area contributed by atoms with Crippen molar-refractivity contribution in [2.45, 2.75) is 203 Å². The maximum absolute atomic E-state index is 14.8. The number of carbonyl (C=O) groups is 14. The number of nitrogens with one attached hydrogen (secondary N) is 12. The molecule has 0 aliphatic heterocycles. The standard InChI is InChI=1S/C73H114N18O16S2/c1-42(2)32-51(83-64(98)49(28-16-19-31-76)81-70(104)56(38-92)89-73(107)58(40-108)90-62(96)47(77)26-14-17-29-74)65(99)85-53(35-45-22-10-6-11-23-45)67(101)80-48(27-15-18-30-75)63(97)84-52(33-43(3)4)66(100)91-59(41-109)72(106)87-55(37-60(78)94)69(103)86-54(36-46-24-12-7-13-25-46)68(102)88-57(39-93)71(105)82-50(61(79)95)34-44-20-8-5-9-21-44/h5-13,20-25,42-43,47-59,92-93,108-109H,14-19,26-41,74-77H2,1-4H3,(H2,78,94)(H2,79,95)(H,80,101)(H,81,104)(H,82,105)(H,83,98)(H,84,97)(H,85,99)(H,86,103)(H,87,106)(H,88,102)(H,89,107)(H,90,96)(H,91,100)/t47-,48-,49-,50-,51-,52-,53-,54-,55-,56-,57-,58-,59-/m0/s1. The molecule has 13 atom stereocenters. The van der Waals surface area contributed by atoms with E-state index in [1.165, 1.54) is 0 Å². The fourth-order valence-corrected chi connectivity index (χ4v) is 11.7. The SMILES string of the molecule is CC(C)C[C@H](NC(=O)[C@H](CCCCN)NC(=O)[C@H](Cc1ccccc1)NC(=O)[C@H](CC(C)C)NC(=O)[C@H](CCCCN)NC(=O)[C@H](CO)NC(=O)[C@H](CS)NC(=O)[C@@H](N)CCCCN)C(=O)N[C@@H](CS)C(=O)N[C@@H](CC(N)=O)C(=O)N[C@@H](Cc1ccccc1)C(=O)N[C@@H](CO)C(=O)N[C@@H](Cc1ccccc1)C(N)=O. The number of hydrogen-bond donors (Lipinski definition) is 22. The second-order valence-electron chi connectivity index (χ2n) is 27.3. The summed E-state index contributed by atoms with van der Waals surface area (Å²) in [5, 5.41) is 51.3. The zero-order chi connectivity index (χ0) is 81.1. The summed E-state index contributed by atoms with van der Waals surface area (Å²) < 4.78 is 0. The van der Waals surface area contributed by atoms with Crippen molar-refractivity contribution in [3.05, 3.63) is 108 Å². The Morgan fingerprint density at radius 3 is 0.917 bits per heavy atom. The topological polar surface area (TPSA) is 580 Å². The number of aliphatic hydroxyl groups is 2. The summed E-state index contributed by atoms with van der Waals surface area (Å²) in [5.41, 5.74) is 36.1. The van der Waals surface area contributed by atoms with Crippen LogP contribution >= 0.6 is 25.3 Å². The van der Waals surface area contributed by atoms with Crippen LogP contribution in [0.15, 0.2) is 91.0 Å². The molecule has 0 fully saturated rings. The van der Waals surface area contributed by atoms with Crippen LogP contribution < -0.4 is 98.2 Å². The molecule has 3 aromatic rings. The van der Waals surface area contributed by atoms with Gasteiger partial charge in [-0.05, 0) is 112 Å². The third-order valence-corrected chi connectivity index (χ3v) is 18.0. The maximum Gasteiger partial charge on any atom is 0.245 e. The number of thiol groups is 2. The smallest absolute Gasteiger partial charge is 0.245 e. The fraction of sp³-hybridized carbons (Fsp3) is 0.562. The van der Waals surface area contributed by atoms with E-state index in [9.17, 15) is 77.3 Å². The molecule has 3 rings (SSSR count). The van der Waals surface area contributed by atoms with E-state index in [0.29, 0.717) is 55.3 Å². The number of primary amides is 2. The largest absolute Gasteiger partial charge is 0.394 e. The van der Waals surface area contributed by atoms with Crippen molar-refractivity contribution < 1.29 is 77.3 Å². The Morgan fingerprint density at radius 1 is 0.330 bits per heavy atom. The molecule has 0 bridgehead atoms. The predicted octanol–water partition coefficient (Wildman–Crippen LogP) is -4.46. The third-order valence-electron chi connectivity index (χ3n) is 17.2. The van der Waals surface area contributed by atoms with Crippen LogP contribution in [0.4, 0.5) is 0 Å². The molecule has 0 radical (unpaired) electrons. The Morgan fingerprint density at radius 2 is 0.587 bits per heavy atom. The lowest BCUT2D eigenvalue weighted by Crippen LogP contribution is -2.62. The average Bonchev–Trinajstić information content (AvgIpc) is 0.856. The van der Waals surface area contributed by atoms with Gasteiger partial charge in [-0.25, -0.2) is 0 Å². The summed E-state index contributed by atoms with van der Waals surface area (Å²) in [5.74, 6) is -14.3. The number of aliphatic hydroxyl groups excluding tert-OH is 2. The molecule has 26 N–H and O–H groups in total.